The van der Waals surface area contributed by atoms with Gasteiger partial charge in [-0.25, -0.2) is 0 Å². The fourth-order valence-corrected chi connectivity index (χ4v) is 2.01. The maximum absolute atomic E-state index is 11.9. The molecule has 2 aromatic rings. The van der Waals surface area contributed by atoms with Crippen molar-refractivity contribution in [2.45, 2.75) is 0 Å². The van der Waals surface area contributed by atoms with Crippen LogP contribution in [0.4, 0.5) is 5.69 Å². The number of non-ortho nitro benzene ring substituents is 1. The van der Waals surface area contributed by atoms with Crippen LogP contribution in [0.15, 0.2) is 46.4 Å². The molecule has 0 atom stereocenters. The Morgan fingerprint density at radius 2 is 2.24 bits per heavy atom. The number of hydrogen-bond acceptors (Lipinski definition) is 6. The molecule has 0 saturated heterocycles. The van der Waals surface area contributed by atoms with E-state index < -0.39 is 10.8 Å². The number of carbonyl (C=O) groups excluding carboxylic acids is 1. The topological polar surface area (TPSA) is 118 Å². The number of nitrogens with one attached hydrogen (secondary N) is 1. The second kappa shape index (κ2) is 8.42. The van der Waals surface area contributed by atoms with Crippen LogP contribution in [0.3, 0.4) is 0 Å². The van der Waals surface area contributed by atoms with Crippen LogP contribution in [0.25, 0.3) is 17.4 Å². The van der Waals surface area contributed by atoms with Crippen molar-refractivity contribution in [2.24, 2.45) is 0 Å². The van der Waals surface area contributed by atoms with Gasteiger partial charge < -0.3 is 14.5 Å². The van der Waals surface area contributed by atoms with Gasteiger partial charge in [-0.15, -0.1) is 0 Å². The number of amides is 1. The number of methoxy groups -OCH3 is 1. The van der Waals surface area contributed by atoms with Gasteiger partial charge in [0.1, 0.15) is 23.2 Å². The van der Waals surface area contributed by atoms with Crippen LogP contribution < -0.4 is 5.32 Å². The lowest BCUT2D eigenvalue weighted by Crippen LogP contribution is -2.27. The molecule has 128 valence electrons. The predicted octanol–water partition coefficient (Wildman–Crippen LogP) is 2.52. The fraction of sp³-hybridized carbons (Fsp3) is 0.176. The molecule has 0 radical (unpaired) electrons. The van der Waals surface area contributed by atoms with Crippen molar-refractivity contribution in [3.8, 4) is 17.4 Å². The van der Waals surface area contributed by atoms with Crippen LogP contribution in [0.5, 0.6) is 0 Å². The van der Waals surface area contributed by atoms with E-state index in [1.807, 2.05) is 6.07 Å². The highest BCUT2D eigenvalue weighted by molar-refractivity contribution is 6.01. The Balaban J connectivity index is 2.19. The van der Waals surface area contributed by atoms with Gasteiger partial charge in [-0.05, 0) is 12.1 Å². The fourth-order valence-electron chi connectivity index (χ4n) is 2.01. The maximum atomic E-state index is 11.9. The normalized spacial score (nSPS) is 11.0. The number of nitrogens with zero attached hydrogens (tertiary/aromatic N) is 2. The molecule has 1 amide bonds. The van der Waals surface area contributed by atoms with Gasteiger partial charge in [0, 0.05) is 37.4 Å². The number of carbonyl (C=O) groups is 1. The summed E-state index contributed by atoms with van der Waals surface area (Å²) in [5.74, 6) is 0.153. The van der Waals surface area contributed by atoms with Crippen molar-refractivity contribution in [2.75, 3.05) is 20.3 Å². The van der Waals surface area contributed by atoms with Crippen LogP contribution in [0.2, 0.25) is 0 Å². The molecule has 0 bridgehead atoms. The predicted molar refractivity (Wildman–Crippen MR) is 89.3 cm³/mol. The number of hydrogen-bond donors (Lipinski definition) is 1. The zero-order chi connectivity index (χ0) is 18.2. The van der Waals surface area contributed by atoms with E-state index in [1.54, 1.807) is 24.3 Å². The molecule has 25 heavy (non-hydrogen) atoms. The number of benzene rings is 1. The van der Waals surface area contributed by atoms with E-state index >= 15 is 0 Å². The molecule has 0 spiro atoms. The van der Waals surface area contributed by atoms with Crippen LogP contribution >= 0.6 is 0 Å². The molecule has 8 heteroatoms. The summed E-state index contributed by atoms with van der Waals surface area (Å²) in [6.07, 6.45) is 1.31. The van der Waals surface area contributed by atoms with E-state index in [-0.39, 0.29) is 17.8 Å². The SMILES string of the molecule is COCCNC(=O)/C(C#N)=C/c1ccc(-c2cccc([N+](=O)[O-])c2)o1. The van der Waals surface area contributed by atoms with E-state index in [1.165, 1.54) is 25.3 Å². The second-order valence-electron chi connectivity index (χ2n) is 4.93. The van der Waals surface area contributed by atoms with Gasteiger partial charge in [-0.1, -0.05) is 12.1 Å². The van der Waals surface area contributed by atoms with Crippen LogP contribution in [0.1, 0.15) is 5.76 Å². The van der Waals surface area contributed by atoms with E-state index in [0.29, 0.717) is 23.7 Å². The summed E-state index contributed by atoms with van der Waals surface area (Å²) in [7, 11) is 1.51. The van der Waals surface area contributed by atoms with Crippen molar-refractivity contribution >= 4 is 17.7 Å². The molecule has 0 unspecified atom stereocenters. The van der Waals surface area contributed by atoms with Crippen LogP contribution in [-0.4, -0.2) is 31.1 Å². The third-order valence-corrected chi connectivity index (χ3v) is 3.21. The van der Waals surface area contributed by atoms with Gasteiger partial charge in [0.05, 0.1) is 11.5 Å². The van der Waals surface area contributed by atoms with Gasteiger partial charge in [-0.2, -0.15) is 5.26 Å². The zero-order valence-electron chi connectivity index (χ0n) is 13.4. The molecule has 1 heterocycles. The summed E-state index contributed by atoms with van der Waals surface area (Å²) >= 11 is 0. The molecule has 0 aliphatic heterocycles. The minimum Gasteiger partial charge on any atom is -0.457 e. The highest BCUT2D eigenvalue weighted by Crippen LogP contribution is 2.26. The molecule has 0 saturated carbocycles. The summed E-state index contributed by atoms with van der Waals surface area (Å²) in [5, 5.41) is 22.5. The Morgan fingerprint density at radius 3 is 2.92 bits per heavy atom. The van der Waals surface area contributed by atoms with Gasteiger partial charge in [0.2, 0.25) is 0 Å². The molecular formula is C17H15N3O5. The summed E-state index contributed by atoms with van der Waals surface area (Å²) in [6, 6.07) is 11.0. The van der Waals surface area contributed by atoms with Crippen molar-refractivity contribution in [3.05, 3.63) is 57.8 Å². The summed E-state index contributed by atoms with van der Waals surface area (Å²) in [6.45, 7) is 0.619. The quantitative estimate of drug-likeness (QED) is 0.272. The van der Waals surface area contributed by atoms with Crippen LogP contribution in [0, 0.1) is 21.4 Å². The first-order valence-electron chi connectivity index (χ1n) is 7.28. The lowest BCUT2D eigenvalue weighted by molar-refractivity contribution is -0.384. The van der Waals surface area contributed by atoms with Gasteiger partial charge in [0.15, 0.2) is 0 Å². The largest absolute Gasteiger partial charge is 0.457 e. The third kappa shape index (κ3) is 4.76. The molecule has 0 fully saturated rings. The Bertz CT molecular complexity index is 848. The minimum absolute atomic E-state index is 0.0544. The average molecular weight is 341 g/mol. The Hall–Kier alpha value is -3.44. The van der Waals surface area contributed by atoms with Gasteiger partial charge in [0.25, 0.3) is 11.6 Å². The standard InChI is InChI=1S/C17H15N3O5/c1-24-8-7-19-17(21)13(11-18)10-15-5-6-16(25-15)12-3-2-4-14(9-12)20(22)23/h2-6,9-10H,7-8H2,1H3,(H,19,21)/b13-10+. The molecule has 0 aliphatic rings. The van der Waals surface area contributed by atoms with Crippen molar-refractivity contribution in [3.63, 3.8) is 0 Å². The minimum atomic E-state index is -0.534. The Labute approximate surface area is 143 Å². The lowest BCUT2D eigenvalue weighted by atomic mass is 10.1. The van der Waals surface area contributed by atoms with E-state index in [2.05, 4.69) is 5.32 Å². The van der Waals surface area contributed by atoms with E-state index in [0.717, 1.165) is 0 Å². The highest BCUT2D eigenvalue weighted by Gasteiger charge is 2.12. The number of nitro groups is 1. The molecule has 1 N–H and O–H groups in total. The van der Waals surface area contributed by atoms with Gasteiger partial charge in [-0.3, -0.25) is 14.9 Å². The number of rotatable bonds is 7. The monoisotopic (exact) mass is 341 g/mol. The second-order valence-corrected chi connectivity index (χ2v) is 4.93. The van der Waals surface area contributed by atoms with Crippen molar-refractivity contribution in [1.29, 1.82) is 5.26 Å². The maximum Gasteiger partial charge on any atom is 0.270 e. The van der Waals surface area contributed by atoms with Crippen molar-refractivity contribution in [1.82, 2.24) is 5.32 Å². The smallest absolute Gasteiger partial charge is 0.270 e. The van der Waals surface area contributed by atoms with Gasteiger partial charge >= 0.3 is 0 Å². The molecule has 2 rings (SSSR count). The number of ether oxygens (including phenoxy) is 1. The molecule has 1 aromatic carbocycles. The van der Waals surface area contributed by atoms with Crippen molar-refractivity contribution < 1.29 is 18.9 Å². The molecule has 0 aliphatic carbocycles. The lowest BCUT2D eigenvalue weighted by Gasteiger charge is -2.02. The first kappa shape index (κ1) is 17.9. The summed E-state index contributed by atoms with van der Waals surface area (Å²) in [5.41, 5.74) is 0.356. The van der Waals surface area contributed by atoms with E-state index in [4.69, 9.17) is 14.4 Å². The number of nitriles is 1. The molecule has 8 nitrogen and oxygen atoms in total. The number of nitro benzene ring substituents is 1. The average Bonchev–Trinajstić information content (AvgIpc) is 3.08. The third-order valence-electron chi connectivity index (χ3n) is 3.21. The Kier molecular flexibility index (Phi) is 6.03. The summed E-state index contributed by atoms with van der Waals surface area (Å²) in [4.78, 5) is 22.2. The van der Waals surface area contributed by atoms with E-state index in [9.17, 15) is 14.9 Å². The Morgan fingerprint density at radius 1 is 1.44 bits per heavy atom. The highest BCUT2D eigenvalue weighted by atomic mass is 16.6. The molecular weight excluding hydrogens is 326 g/mol. The zero-order valence-corrected chi connectivity index (χ0v) is 13.4. The van der Waals surface area contributed by atoms with Crippen LogP contribution in [-0.2, 0) is 9.53 Å². The summed E-state index contributed by atoms with van der Waals surface area (Å²) < 4.78 is 10.4. The first-order valence-corrected chi connectivity index (χ1v) is 7.28. The molecule has 1 aromatic heterocycles. The first-order chi connectivity index (χ1) is 12.0. The number of furan rings is 1.